The number of ether oxygens (including phenoxy) is 4. The molecule has 4 unspecified atom stereocenters. The lowest BCUT2D eigenvalue weighted by molar-refractivity contribution is -0.169. The Morgan fingerprint density at radius 3 is 1.62 bits per heavy atom. The summed E-state index contributed by atoms with van der Waals surface area (Å²) >= 11 is 0. The largest absolute Gasteiger partial charge is 0.469 e. The standard InChI is InChI=1S/C22H38O10/c1-7-8-22(4,5)13-32-19(26)10-17(21(28)31-12-15(3)24)16(9-18(25)29-6)20(27)30-11-14(2)23/h14-17,23-24H,7-13H2,1-6H3. The molecule has 0 radical (unpaired) electrons. The maximum Gasteiger partial charge on any atom is 0.310 e. The van der Waals surface area contributed by atoms with Crippen molar-refractivity contribution in [2.75, 3.05) is 26.9 Å². The summed E-state index contributed by atoms with van der Waals surface area (Å²) in [7, 11) is 1.12. The van der Waals surface area contributed by atoms with Gasteiger partial charge in [-0.15, -0.1) is 0 Å². The molecule has 0 bridgehead atoms. The normalized spacial score (nSPS) is 15.1. The van der Waals surface area contributed by atoms with Crippen LogP contribution in [-0.2, 0) is 38.1 Å². The van der Waals surface area contributed by atoms with Gasteiger partial charge in [-0.25, -0.2) is 0 Å². The van der Waals surface area contributed by atoms with Crippen molar-refractivity contribution in [2.45, 2.75) is 72.5 Å². The molecule has 0 amide bonds. The molecule has 0 aromatic rings. The topological polar surface area (TPSA) is 146 Å². The Balaban J connectivity index is 5.64. The Morgan fingerprint density at radius 2 is 1.25 bits per heavy atom. The first-order valence-corrected chi connectivity index (χ1v) is 10.7. The zero-order chi connectivity index (χ0) is 24.9. The number of aliphatic hydroxyl groups is 2. The molecule has 10 nitrogen and oxygen atoms in total. The first-order chi connectivity index (χ1) is 14.8. The maximum absolute atomic E-state index is 12.7. The third-order valence-electron chi connectivity index (χ3n) is 4.58. The number of aliphatic hydroxyl groups excluding tert-OH is 2. The van der Waals surface area contributed by atoms with Crippen molar-refractivity contribution in [2.24, 2.45) is 17.3 Å². The van der Waals surface area contributed by atoms with E-state index in [9.17, 15) is 29.4 Å². The highest BCUT2D eigenvalue weighted by molar-refractivity contribution is 5.88. The van der Waals surface area contributed by atoms with Crippen LogP contribution in [0.5, 0.6) is 0 Å². The fourth-order valence-electron chi connectivity index (χ4n) is 2.93. The summed E-state index contributed by atoms with van der Waals surface area (Å²) in [5.74, 6) is -6.27. The van der Waals surface area contributed by atoms with Gasteiger partial charge in [0.05, 0.1) is 50.6 Å². The Hall–Kier alpha value is -2.20. The van der Waals surface area contributed by atoms with Crippen molar-refractivity contribution < 1.29 is 48.3 Å². The van der Waals surface area contributed by atoms with Crippen LogP contribution in [0, 0.1) is 17.3 Å². The lowest BCUT2D eigenvalue weighted by Gasteiger charge is -2.26. The third kappa shape index (κ3) is 12.6. The van der Waals surface area contributed by atoms with Crippen LogP contribution in [-0.4, -0.2) is 73.2 Å². The molecule has 0 aromatic heterocycles. The molecule has 0 saturated carbocycles. The van der Waals surface area contributed by atoms with E-state index in [4.69, 9.17) is 14.2 Å². The van der Waals surface area contributed by atoms with Gasteiger partial charge in [-0.2, -0.15) is 0 Å². The number of carbonyl (C=O) groups excluding carboxylic acids is 4. The molecule has 0 heterocycles. The van der Waals surface area contributed by atoms with E-state index in [-0.39, 0.29) is 25.2 Å². The van der Waals surface area contributed by atoms with Crippen LogP contribution in [0.1, 0.15) is 60.3 Å². The first-order valence-electron chi connectivity index (χ1n) is 10.7. The average molecular weight is 463 g/mol. The molecule has 0 aromatic carbocycles. The average Bonchev–Trinajstić information content (AvgIpc) is 2.70. The van der Waals surface area contributed by atoms with Crippen LogP contribution in [0.3, 0.4) is 0 Å². The van der Waals surface area contributed by atoms with Crippen LogP contribution in [0.15, 0.2) is 0 Å². The summed E-state index contributed by atoms with van der Waals surface area (Å²) in [6.45, 7) is 8.07. The number of hydrogen-bond acceptors (Lipinski definition) is 10. The second-order valence-electron chi connectivity index (χ2n) is 8.73. The van der Waals surface area contributed by atoms with E-state index in [1.54, 1.807) is 0 Å². The van der Waals surface area contributed by atoms with Crippen LogP contribution in [0.25, 0.3) is 0 Å². The van der Waals surface area contributed by atoms with Crippen molar-refractivity contribution in [1.82, 2.24) is 0 Å². The highest BCUT2D eigenvalue weighted by Crippen LogP contribution is 2.27. The lowest BCUT2D eigenvalue weighted by Crippen LogP contribution is -2.38. The van der Waals surface area contributed by atoms with E-state index in [2.05, 4.69) is 4.74 Å². The summed E-state index contributed by atoms with van der Waals surface area (Å²) < 4.78 is 19.9. The summed E-state index contributed by atoms with van der Waals surface area (Å²) in [5, 5.41) is 18.8. The quantitative estimate of drug-likeness (QED) is 0.270. The Bertz CT molecular complexity index is 612. The molecule has 0 spiro atoms. The van der Waals surface area contributed by atoms with Gasteiger partial charge in [-0.3, -0.25) is 19.2 Å². The lowest BCUT2D eigenvalue weighted by atomic mass is 9.86. The molecule has 32 heavy (non-hydrogen) atoms. The van der Waals surface area contributed by atoms with E-state index in [1.165, 1.54) is 13.8 Å². The molecule has 0 aliphatic heterocycles. The van der Waals surface area contributed by atoms with Crippen molar-refractivity contribution in [1.29, 1.82) is 0 Å². The minimum absolute atomic E-state index is 0.114. The highest BCUT2D eigenvalue weighted by Gasteiger charge is 2.40. The molecule has 2 N–H and O–H groups in total. The fraction of sp³-hybridized carbons (Fsp3) is 0.818. The minimum atomic E-state index is -1.41. The highest BCUT2D eigenvalue weighted by atomic mass is 16.6. The number of carbonyl (C=O) groups is 4. The maximum atomic E-state index is 12.7. The summed E-state index contributed by atoms with van der Waals surface area (Å²) in [4.78, 5) is 49.7. The van der Waals surface area contributed by atoms with Crippen molar-refractivity contribution in [3.8, 4) is 0 Å². The van der Waals surface area contributed by atoms with Gasteiger partial charge in [0, 0.05) is 0 Å². The number of methoxy groups -OCH3 is 1. The summed E-state index contributed by atoms with van der Waals surface area (Å²) in [6, 6.07) is 0. The van der Waals surface area contributed by atoms with Crippen molar-refractivity contribution in [3.05, 3.63) is 0 Å². The van der Waals surface area contributed by atoms with E-state index in [1.807, 2.05) is 20.8 Å². The van der Waals surface area contributed by atoms with E-state index >= 15 is 0 Å². The predicted molar refractivity (Wildman–Crippen MR) is 113 cm³/mol. The van der Waals surface area contributed by atoms with Crippen LogP contribution in [0.4, 0.5) is 0 Å². The smallest absolute Gasteiger partial charge is 0.310 e. The Morgan fingerprint density at radius 1 is 0.812 bits per heavy atom. The molecular weight excluding hydrogens is 424 g/mol. The second-order valence-corrected chi connectivity index (χ2v) is 8.73. The molecule has 186 valence electrons. The predicted octanol–water partition coefficient (Wildman–Crippen LogP) is 1.39. The summed E-state index contributed by atoms with van der Waals surface area (Å²) in [6.07, 6.45) is -1.30. The summed E-state index contributed by atoms with van der Waals surface area (Å²) in [5.41, 5.74) is -0.269. The molecule has 0 rings (SSSR count). The van der Waals surface area contributed by atoms with E-state index in [0.29, 0.717) is 0 Å². The molecule has 0 aliphatic rings. The fourth-order valence-corrected chi connectivity index (χ4v) is 2.93. The van der Waals surface area contributed by atoms with Crippen LogP contribution < -0.4 is 0 Å². The van der Waals surface area contributed by atoms with Gasteiger partial charge >= 0.3 is 23.9 Å². The molecule has 0 saturated heterocycles. The van der Waals surface area contributed by atoms with Crippen molar-refractivity contribution in [3.63, 3.8) is 0 Å². The molecular formula is C22H38O10. The van der Waals surface area contributed by atoms with Crippen molar-refractivity contribution >= 4 is 23.9 Å². The molecule has 4 atom stereocenters. The van der Waals surface area contributed by atoms with Gasteiger partial charge in [0.25, 0.3) is 0 Å². The number of hydrogen-bond donors (Lipinski definition) is 2. The van der Waals surface area contributed by atoms with E-state index in [0.717, 1.165) is 20.0 Å². The van der Waals surface area contributed by atoms with Crippen LogP contribution in [0.2, 0.25) is 0 Å². The third-order valence-corrected chi connectivity index (χ3v) is 4.58. The van der Waals surface area contributed by atoms with Crippen LogP contribution >= 0.6 is 0 Å². The van der Waals surface area contributed by atoms with Gasteiger partial charge in [0.15, 0.2) is 0 Å². The SMILES string of the molecule is CCCC(C)(C)COC(=O)CC(C(=O)OCC(C)O)C(CC(=O)OC)C(=O)OCC(C)O. The van der Waals surface area contributed by atoms with E-state index < -0.39 is 60.8 Å². The Kier molecular flexibility index (Phi) is 13.8. The molecule has 0 aliphatic carbocycles. The minimum Gasteiger partial charge on any atom is -0.469 e. The molecule has 0 fully saturated rings. The zero-order valence-corrected chi connectivity index (χ0v) is 19.9. The van der Waals surface area contributed by atoms with Gasteiger partial charge in [0.1, 0.15) is 13.2 Å². The van der Waals surface area contributed by atoms with Gasteiger partial charge in [-0.1, -0.05) is 27.2 Å². The zero-order valence-electron chi connectivity index (χ0n) is 19.9. The Labute approximate surface area is 189 Å². The monoisotopic (exact) mass is 462 g/mol. The molecule has 10 heteroatoms. The van der Waals surface area contributed by atoms with Gasteiger partial charge in [-0.05, 0) is 25.7 Å². The number of rotatable bonds is 15. The second kappa shape index (κ2) is 14.8. The first kappa shape index (κ1) is 29.8. The van der Waals surface area contributed by atoms with Gasteiger partial charge in [0.2, 0.25) is 0 Å². The number of esters is 4. The van der Waals surface area contributed by atoms with Gasteiger partial charge < -0.3 is 29.2 Å².